The highest BCUT2D eigenvalue weighted by Gasteiger charge is 2.21. The van der Waals surface area contributed by atoms with Crippen LogP contribution in [0.2, 0.25) is 0 Å². The zero-order chi connectivity index (χ0) is 10.7. The molecule has 0 saturated carbocycles. The van der Waals surface area contributed by atoms with Crippen molar-refractivity contribution in [3.8, 4) is 0 Å². The molecule has 2 heterocycles. The van der Waals surface area contributed by atoms with E-state index in [1.54, 1.807) is 0 Å². The average molecular weight is 211 g/mol. The molecule has 2 saturated heterocycles. The molecule has 0 atom stereocenters. The molecule has 0 aromatic heterocycles. The zero-order valence-electron chi connectivity index (χ0n) is 10.3. The molecule has 0 aromatic carbocycles. The third-order valence-corrected chi connectivity index (χ3v) is 3.74. The average Bonchev–Trinajstić information content (AvgIpc) is 2.71. The van der Waals surface area contributed by atoms with Gasteiger partial charge >= 0.3 is 0 Å². The summed E-state index contributed by atoms with van der Waals surface area (Å²) >= 11 is 0. The van der Waals surface area contributed by atoms with Crippen LogP contribution in [-0.4, -0.2) is 66.7 Å². The normalized spacial score (nSPS) is 26.6. The molecule has 0 spiro atoms. The molecule has 0 amide bonds. The molecular weight excluding hydrogens is 186 g/mol. The number of nitrogens with zero attached hydrogens (tertiary/aromatic N) is 3. The predicted molar refractivity (Wildman–Crippen MR) is 64.0 cm³/mol. The van der Waals surface area contributed by atoms with Crippen LogP contribution in [0.15, 0.2) is 0 Å². The fourth-order valence-electron chi connectivity index (χ4n) is 2.63. The van der Waals surface area contributed by atoms with Crippen LogP contribution in [0.25, 0.3) is 0 Å². The van der Waals surface area contributed by atoms with Crippen LogP contribution in [0, 0.1) is 0 Å². The lowest BCUT2D eigenvalue weighted by Gasteiger charge is -2.38. The Morgan fingerprint density at radius 1 is 0.800 bits per heavy atom. The summed E-state index contributed by atoms with van der Waals surface area (Å²) in [7, 11) is 0. The second-order valence-electron chi connectivity index (χ2n) is 5.21. The third-order valence-electron chi connectivity index (χ3n) is 3.74. The van der Waals surface area contributed by atoms with Crippen molar-refractivity contribution in [2.75, 3.05) is 45.9 Å². The standard InChI is InChI=1S/C12H25N3/c1-12(2)15-9-7-14(8-10-15)11-13-5-3-4-6-13/h12H,3-11H2,1-2H3. The number of rotatable bonds is 3. The van der Waals surface area contributed by atoms with E-state index in [1.807, 2.05) is 0 Å². The summed E-state index contributed by atoms with van der Waals surface area (Å²) in [6, 6.07) is 0.721. The van der Waals surface area contributed by atoms with Gasteiger partial charge in [0.05, 0.1) is 6.67 Å². The molecule has 15 heavy (non-hydrogen) atoms. The van der Waals surface area contributed by atoms with Crippen LogP contribution in [0.1, 0.15) is 26.7 Å². The summed E-state index contributed by atoms with van der Waals surface area (Å²) in [4.78, 5) is 7.80. The van der Waals surface area contributed by atoms with Gasteiger partial charge in [-0.25, -0.2) is 0 Å². The van der Waals surface area contributed by atoms with E-state index in [-0.39, 0.29) is 0 Å². The first-order valence-electron chi connectivity index (χ1n) is 6.44. The Morgan fingerprint density at radius 2 is 1.33 bits per heavy atom. The first kappa shape index (κ1) is 11.4. The Hall–Kier alpha value is -0.120. The monoisotopic (exact) mass is 211 g/mol. The smallest absolute Gasteiger partial charge is 0.0507 e. The maximum atomic E-state index is 2.62. The van der Waals surface area contributed by atoms with Crippen LogP contribution >= 0.6 is 0 Å². The second-order valence-corrected chi connectivity index (χ2v) is 5.21. The van der Waals surface area contributed by atoms with Crippen molar-refractivity contribution in [1.29, 1.82) is 0 Å². The molecular formula is C12H25N3. The molecule has 88 valence electrons. The van der Waals surface area contributed by atoms with Gasteiger partial charge in [-0.05, 0) is 39.8 Å². The zero-order valence-corrected chi connectivity index (χ0v) is 10.3. The van der Waals surface area contributed by atoms with Crippen LogP contribution in [0.3, 0.4) is 0 Å². The van der Waals surface area contributed by atoms with Crippen LogP contribution in [-0.2, 0) is 0 Å². The van der Waals surface area contributed by atoms with Crippen molar-refractivity contribution in [3.05, 3.63) is 0 Å². The van der Waals surface area contributed by atoms with Crippen LogP contribution in [0.5, 0.6) is 0 Å². The summed E-state index contributed by atoms with van der Waals surface area (Å²) < 4.78 is 0. The molecule has 2 aliphatic heterocycles. The van der Waals surface area contributed by atoms with E-state index in [2.05, 4.69) is 28.5 Å². The van der Waals surface area contributed by atoms with E-state index in [9.17, 15) is 0 Å². The van der Waals surface area contributed by atoms with E-state index in [0.717, 1.165) is 6.04 Å². The first-order chi connectivity index (χ1) is 7.25. The molecule has 0 aromatic rings. The molecule has 0 aliphatic carbocycles. The number of hydrogen-bond donors (Lipinski definition) is 0. The van der Waals surface area contributed by atoms with Gasteiger partial charge in [-0.3, -0.25) is 14.7 Å². The molecule has 0 bridgehead atoms. The van der Waals surface area contributed by atoms with Gasteiger partial charge in [0.2, 0.25) is 0 Å². The Kier molecular flexibility index (Phi) is 4.00. The molecule has 0 radical (unpaired) electrons. The van der Waals surface area contributed by atoms with E-state index in [4.69, 9.17) is 0 Å². The predicted octanol–water partition coefficient (Wildman–Crippen LogP) is 1.07. The van der Waals surface area contributed by atoms with Gasteiger partial charge in [0.15, 0.2) is 0 Å². The number of likely N-dealkylation sites (tertiary alicyclic amines) is 1. The summed E-state index contributed by atoms with van der Waals surface area (Å²) in [5.74, 6) is 0. The first-order valence-corrected chi connectivity index (χ1v) is 6.44. The highest BCUT2D eigenvalue weighted by atomic mass is 15.4. The minimum atomic E-state index is 0.721. The van der Waals surface area contributed by atoms with E-state index in [0.29, 0.717) is 0 Å². The lowest BCUT2D eigenvalue weighted by atomic mass is 10.2. The Balaban J connectivity index is 1.68. The number of piperazine rings is 1. The van der Waals surface area contributed by atoms with Crippen molar-refractivity contribution in [2.45, 2.75) is 32.7 Å². The summed E-state index contributed by atoms with van der Waals surface area (Å²) in [5.41, 5.74) is 0. The fraction of sp³-hybridized carbons (Fsp3) is 1.00. The largest absolute Gasteiger partial charge is 0.298 e. The van der Waals surface area contributed by atoms with Crippen molar-refractivity contribution in [1.82, 2.24) is 14.7 Å². The molecule has 3 heteroatoms. The second kappa shape index (κ2) is 5.28. The van der Waals surface area contributed by atoms with Gasteiger partial charge in [0, 0.05) is 32.2 Å². The SMILES string of the molecule is CC(C)N1CCN(CN2CCCC2)CC1. The summed E-state index contributed by atoms with van der Waals surface area (Å²) in [6.45, 7) is 13.5. The van der Waals surface area contributed by atoms with Crippen LogP contribution in [0.4, 0.5) is 0 Å². The number of hydrogen-bond acceptors (Lipinski definition) is 3. The van der Waals surface area contributed by atoms with Crippen LogP contribution < -0.4 is 0 Å². The maximum absolute atomic E-state index is 2.62. The summed E-state index contributed by atoms with van der Waals surface area (Å²) in [5, 5.41) is 0. The maximum Gasteiger partial charge on any atom is 0.0507 e. The van der Waals surface area contributed by atoms with Crippen molar-refractivity contribution in [2.24, 2.45) is 0 Å². The molecule has 0 unspecified atom stereocenters. The van der Waals surface area contributed by atoms with E-state index >= 15 is 0 Å². The molecule has 2 rings (SSSR count). The Morgan fingerprint density at radius 3 is 1.87 bits per heavy atom. The third kappa shape index (κ3) is 3.16. The van der Waals surface area contributed by atoms with Crippen molar-refractivity contribution >= 4 is 0 Å². The van der Waals surface area contributed by atoms with Gasteiger partial charge in [0.25, 0.3) is 0 Å². The molecule has 0 N–H and O–H groups in total. The summed E-state index contributed by atoms with van der Waals surface area (Å²) in [6.07, 6.45) is 2.82. The Labute approximate surface area is 94.0 Å². The lowest BCUT2D eigenvalue weighted by molar-refractivity contribution is 0.0696. The minimum Gasteiger partial charge on any atom is -0.298 e. The quantitative estimate of drug-likeness (QED) is 0.691. The van der Waals surface area contributed by atoms with E-state index < -0.39 is 0 Å². The topological polar surface area (TPSA) is 9.72 Å². The Bertz CT molecular complexity index is 179. The van der Waals surface area contributed by atoms with Crippen molar-refractivity contribution in [3.63, 3.8) is 0 Å². The lowest BCUT2D eigenvalue weighted by Crippen LogP contribution is -2.51. The fourth-order valence-corrected chi connectivity index (χ4v) is 2.63. The van der Waals surface area contributed by atoms with E-state index in [1.165, 1.54) is 58.8 Å². The van der Waals surface area contributed by atoms with Gasteiger partial charge in [-0.15, -0.1) is 0 Å². The van der Waals surface area contributed by atoms with Crippen molar-refractivity contribution < 1.29 is 0 Å². The van der Waals surface area contributed by atoms with Gasteiger partial charge < -0.3 is 0 Å². The minimum absolute atomic E-state index is 0.721. The highest BCUT2D eigenvalue weighted by Crippen LogP contribution is 2.10. The van der Waals surface area contributed by atoms with Gasteiger partial charge in [0.1, 0.15) is 0 Å². The van der Waals surface area contributed by atoms with Gasteiger partial charge in [-0.2, -0.15) is 0 Å². The molecule has 3 nitrogen and oxygen atoms in total. The molecule has 2 aliphatic rings. The van der Waals surface area contributed by atoms with Gasteiger partial charge in [-0.1, -0.05) is 0 Å². The molecule has 2 fully saturated rings. The highest BCUT2D eigenvalue weighted by molar-refractivity contribution is 4.75.